The molecule has 0 aliphatic carbocycles. The Hall–Kier alpha value is -0.840. The number of furan rings is 1. The summed E-state index contributed by atoms with van der Waals surface area (Å²) in [5, 5.41) is 9.37. The Bertz CT molecular complexity index is 303. The number of aliphatic hydroxyl groups is 1. The minimum absolute atomic E-state index is 0.113. The second-order valence-corrected chi connectivity index (χ2v) is 4.13. The van der Waals surface area contributed by atoms with Crippen molar-refractivity contribution in [2.75, 3.05) is 13.1 Å². The molecule has 84 valence electrons. The van der Waals surface area contributed by atoms with Gasteiger partial charge in [0.15, 0.2) is 0 Å². The lowest BCUT2D eigenvalue weighted by Gasteiger charge is -2.28. The van der Waals surface area contributed by atoms with Gasteiger partial charge in [0.25, 0.3) is 0 Å². The average molecular weight is 210 g/mol. The lowest BCUT2D eigenvalue weighted by atomic mass is 10.1. The Kier molecular flexibility index (Phi) is 3.41. The summed E-state index contributed by atoms with van der Waals surface area (Å²) in [7, 11) is 0. The Morgan fingerprint density at radius 3 is 2.80 bits per heavy atom. The largest absolute Gasteiger partial charge is 0.468 e. The van der Waals surface area contributed by atoms with E-state index in [9.17, 15) is 5.11 Å². The zero-order chi connectivity index (χ0) is 10.7. The fourth-order valence-corrected chi connectivity index (χ4v) is 1.91. The van der Waals surface area contributed by atoms with Crippen molar-refractivity contribution < 1.29 is 9.52 Å². The average Bonchev–Trinajstić information content (AvgIpc) is 2.69. The molecule has 1 aromatic rings. The molecule has 1 aromatic heterocycles. The fraction of sp³-hybridized carbons (Fsp3) is 0.636. The SMILES string of the molecule is NCc1coc(CN2CCC(O)CC2)c1. The number of likely N-dealkylation sites (tertiary alicyclic amines) is 1. The van der Waals surface area contributed by atoms with Crippen LogP contribution in [0.3, 0.4) is 0 Å². The van der Waals surface area contributed by atoms with Crippen molar-refractivity contribution in [2.24, 2.45) is 5.73 Å². The van der Waals surface area contributed by atoms with E-state index in [2.05, 4.69) is 4.90 Å². The summed E-state index contributed by atoms with van der Waals surface area (Å²) >= 11 is 0. The summed E-state index contributed by atoms with van der Waals surface area (Å²) in [5.41, 5.74) is 6.55. The van der Waals surface area contributed by atoms with E-state index in [0.29, 0.717) is 6.54 Å². The van der Waals surface area contributed by atoms with E-state index >= 15 is 0 Å². The molecule has 2 rings (SSSR count). The van der Waals surface area contributed by atoms with E-state index < -0.39 is 0 Å². The first-order chi connectivity index (χ1) is 7.28. The standard InChI is InChI=1S/C11H18N2O2/c12-6-9-5-11(15-8-9)7-13-3-1-10(14)2-4-13/h5,8,10,14H,1-4,6-7,12H2. The first kappa shape index (κ1) is 10.7. The third-order valence-corrected chi connectivity index (χ3v) is 2.88. The molecule has 2 heterocycles. The molecule has 0 saturated carbocycles. The van der Waals surface area contributed by atoms with Crippen LogP contribution in [-0.2, 0) is 13.1 Å². The maximum absolute atomic E-state index is 9.37. The first-order valence-electron chi connectivity index (χ1n) is 5.44. The maximum atomic E-state index is 9.37. The zero-order valence-corrected chi connectivity index (χ0v) is 8.85. The van der Waals surface area contributed by atoms with Crippen LogP contribution >= 0.6 is 0 Å². The Morgan fingerprint density at radius 2 is 2.20 bits per heavy atom. The van der Waals surface area contributed by atoms with Crippen LogP contribution in [0.4, 0.5) is 0 Å². The summed E-state index contributed by atoms with van der Waals surface area (Å²) < 4.78 is 5.40. The molecule has 1 aliphatic rings. The summed E-state index contributed by atoms with van der Waals surface area (Å²) in [5.74, 6) is 0.965. The third-order valence-electron chi connectivity index (χ3n) is 2.88. The van der Waals surface area contributed by atoms with Gasteiger partial charge in [-0.2, -0.15) is 0 Å². The van der Waals surface area contributed by atoms with Crippen molar-refractivity contribution in [1.29, 1.82) is 0 Å². The number of hydrogen-bond acceptors (Lipinski definition) is 4. The lowest BCUT2D eigenvalue weighted by molar-refractivity contribution is 0.0760. The molecule has 0 bridgehead atoms. The molecule has 0 atom stereocenters. The Balaban J connectivity index is 1.86. The highest BCUT2D eigenvalue weighted by atomic mass is 16.3. The number of aliphatic hydroxyl groups excluding tert-OH is 1. The van der Waals surface area contributed by atoms with Crippen molar-refractivity contribution in [1.82, 2.24) is 4.90 Å². The van der Waals surface area contributed by atoms with Crippen LogP contribution in [0.2, 0.25) is 0 Å². The van der Waals surface area contributed by atoms with Crippen molar-refractivity contribution >= 4 is 0 Å². The summed E-state index contributed by atoms with van der Waals surface area (Å²) in [6, 6.07) is 2.00. The molecule has 1 fully saturated rings. The van der Waals surface area contributed by atoms with Crippen LogP contribution in [0, 0.1) is 0 Å². The summed E-state index contributed by atoms with van der Waals surface area (Å²) in [4.78, 5) is 2.30. The zero-order valence-electron chi connectivity index (χ0n) is 8.85. The topological polar surface area (TPSA) is 62.6 Å². The molecule has 0 radical (unpaired) electrons. The van der Waals surface area contributed by atoms with E-state index in [4.69, 9.17) is 10.2 Å². The van der Waals surface area contributed by atoms with Crippen LogP contribution in [0.25, 0.3) is 0 Å². The second kappa shape index (κ2) is 4.79. The number of nitrogens with zero attached hydrogens (tertiary/aromatic N) is 1. The Labute approximate surface area is 89.7 Å². The van der Waals surface area contributed by atoms with E-state index in [0.717, 1.165) is 43.8 Å². The molecule has 4 heteroatoms. The molecule has 0 amide bonds. The molecule has 15 heavy (non-hydrogen) atoms. The molecule has 3 N–H and O–H groups in total. The maximum Gasteiger partial charge on any atom is 0.118 e. The lowest BCUT2D eigenvalue weighted by Crippen LogP contribution is -2.35. The van der Waals surface area contributed by atoms with Gasteiger partial charge in [0.2, 0.25) is 0 Å². The van der Waals surface area contributed by atoms with Gasteiger partial charge >= 0.3 is 0 Å². The molecule has 0 aromatic carbocycles. The molecule has 1 aliphatic heterocycles. The van der Waals surface area contributed by atoms with Crippen LogP contribution in [0.15, 0.2) is 16.7 Å². The number of hydrogen-bond donors (Lipinski definition) is 2. The predicted octanol–water partition coefficient (Wildman–Crippen LogP) is 0.695. The minimum atomic E-state index is -0.113. The fourth-order valence-electron chi connectivity index (χ4n) is 1.91. The highest BCUT2D eigenvalue weighted by Crippen LogP contribution is 2.15. The molecular formula is C11H18N2O2. The van der Waals surface area contributed by atoms with Gasteiger partial charge in [-0.25, -0.2) is 0 Å². The van der Waals surface area contributed by atoms with Crippen molar-refractivity contribution in [3.05, 3.63) is 23.7 Å². The molecule has 4 nitrogen and oxygen atoms in total. The second-order valence-electron chi connectivity index (χ2n) is 4.13. The molecule has 0 spiro atoms. The van der Waals surface area contributed by atoms with E-state index in [1.165, 1.54) is 0 Å². The van der Waals surface area contributed by atoms with E-state index in [1.54, 1.807) is 6.26 Å². The molecule has 0 unspecified atom stereocenters. The molecule has 1 saturated heterocycles. The van der Waals surface area contributed by atoms with Crippen LogP contribution in [0.1, 0.15) is 24.2 Å². The smallest absolute Gasteiger partial charge is 0.118 e. The monoisotopic (exact) mass is 210 g/mol. The van der Waals surface area contributed by atoms with Crippen molar-refractivity contribution in [2.45, 2.75) is 32.0 Å². The quantitative estimate of drug-likeness (QED) is 0.770. The first-order valence-corrected chi connectivity index (χ1v) is 5.44. The number of piperidine rings is 1. The van der Waals surface area contributed by atoms with Crippen LogP contribution in [0.5, 0.6) is 0 Å². The van der Waals surface area contributed by atoms with Gasteiger partial charge in [0, 0.05) is 25.2 Å². The van der Waals surface area contributed by atoms with Gasteiger partial charge in [-0.1, -0.05) is 0 Å². The van der Waals surface area contributed by atoms with Gasteiger partial charge in [-0.3, -0.25) is 4.90 Å². The minimum Gasteiger partial charge on any atom is -0.468 e. The van der Waals surface area contributed by atoms with Crippen LogP contribution in [-0.4, -0.2) is 29.2 Å². The summed E-state index contributed by atoms with van der Waals surface area (Å²) in [6.45, 7) is 3.24. The van der Waals surface area contributed by atoms with Gasteiger partial charge in [0.05, 0.1) is 18.9 Å². The van der Waals surface area contributed by atoms with Crippen molar-refractivity contribution in [3.63, 3.8) is 0 Å². The third kappa shape index (κ3) is 2.81. The van der Waals surface area contributed by atoms with E-state index in [-0.39, 0.29) is 6.10 Å². The highest BCUT2D eigenvalue weighted by molar-refractivity contribution is 5.12. The van der Waals surface area contributed by atoms with Gasteiger partial charge in [0.1, 0.15) is 5.76 Å². The number of nitrogens with two attached hydrogens (primary N) is 1. The van der Waals surface area contributed by atoms with Crippen LogP contribution < -0.4 is 5.73 Å². The van der Waals surface area contributed by atoms with Gasteiger partial charge in [-0.15, -0.1) is 0 Å². The normalized spacial score (nSPS) is 19.6. The predicted molar refractivity (Wildman–Crippen MR) is 57.1 cm³/mol. The van der Waals surface area contributed by atoms with E-state index in [1.807, 2.05) is 6.07 Å². The van der Waals surface area contributed by atoms with Crippen molar-refractivity contribution in [3.8, 4) is 0 Å². The highest BCUT2D eigenvalue weighted by Gasteiger charge is 2.17. The summed E-state index contributed by atoms with van der Waals surface area (Å²) in [6.07, 6.45) is 3.33. The Morgan fingerprint density at radius 1 is 1.47 bits per heavy atom. The molecular weight excluding hydrogens is 192 g/mol. The van der Waals surface area contributed by atoms with Gasteiger partial charge in [-0.05, 0) is 18.9 Å². The van der Waals surface area contributed by atoms with Gasteiger partial charge < -0.3 is 15.3 Å². The number of rotatable bonds is 3.